The Balaban J connectivity index is 1.34. The maximum Gasteiger partial charge on any atom is 0.339 e. The Bertz CT molecular complexity index is 981. The van der Waals surface area contributed by atoms with Gasteiger partial charge in [0, 0.05) is 12.2 Å². The number of rotatable bonds is 4. The van der Waals surface area contributed by atoms with E-state index in [1.54, 1.807) is 12.1 Å². The van der Waals surface area contributed by atoms with Crippen LogP contribution in [0.2, 0.25) is 0 Å². The van der Waals surface area contributed by atoms with Gasteiger partial charge in [0.25, 0.3) is 0 Å². The summed E-state index contributed by atoms with van der Waals surface area (Å²) in [6.45, 7) is 2.91. The fourth-order valence-electron chi connectivity index (χ4n) is 4.99. The van der Waals surface area contributed by atoms with Gasteiger partial charge in [0.1, 0.15) is 12.2 Å². The quantitative estimate of drug-likeness (QED) is 0.619. The molecular weight excluding hydrogens is 380 g/mol. The smallest absolute Gasteiger partial charge is 0.339 e. The van der Waals surface area contributed by atoms with Gasteiger partial charge in [-0.1, -0.05) is 24.3 Å². The number of aryl methyl sites for hydroxylation is 1. The molecule has 1 aliphatic carbocycles. The Morgan fingerprint density at radius 2 is 1.70 bits per heavy atom. The first-order chi connectivity index (χ1) is 14.6. The van der Waals surface area contributed by atoms with E-state index in [4.69, 9.17) is 15.2 Å². The van der Waals surface area contributed by atoms with Crippen molar-refractivity contribution >= 4 is 17.6 Å². The zero-order chi connectivity index (χ0) is 20.7. The van der Waals surface area contributed by atoms with Gasteiger partial charge >= 0.3 is 11.9 Å². The highest BCUT2D eigenvalue weighted by atomic mass is 16.6. The minimum atomic E-state index is -0.537. The van der Waals surface area contributed by atoms with Crippen molar-refractivity contribution in [3.8, 4) is 0 Å². The van der Waals surface area contributed by atoms with Crippen LogP contribution in [0.1, 0.15) is 57.2 Å². The summed E-state index contributed by atoms with van der Waals surface area (Å²) in [5, 5.41) is 0. The lowest BCUT2D eigenvalue weighted by Gasteiger charge is -2.43. The number of carbonyl (C=O) groups is 2. The molecule has 3 fully saturated rings. The second kappa shape index (κ2) is 7.76. The highest BCUT2D eigenvalue weighted by Crippen LogP contribution is 2.35. The Hall–Kier alpha value is -2.86. The van der Waals surface area contributed by atoms with Crippen molar-refractivity contribution in [1.82, 2.24) is 4.90 Å². The predicted molar refractivity (Wildman–Crippen MR) is 112 cm³/mol. The molecule has 2 aromatic carbocycles. The number of hydrogen-bond donors (Lipinski definition) is 1. The van der Waals surface area contributed by atoms with Gasteiger partial charge in [0.15, 0.2) is 0 Å². The normalized spacial score (nSPS) is 26.8. The number of fused-ring (bicyclic) bond motifs is 4. The summed E-state index contributed by atoms with van der Waals surface area (Å²) < 4.78 is 11.6. The van der Waals surface area contributed by atoms with Gasteiger partial charge in [-0.05, 0) is 74.0 Å². The van der Waals surface area contributed by atoms with Crippen LogP contribution >= 0.6 is 0 Å². The maximum atomic E-state index is 13.0. The summed E-state index contributed by atoms with van der Waals surface area (Å²) in [4.78, 5) is 28.3. The third kappa shape index (κ3) is 3.56. The van der Waals surface area contributed by atoms with Crippen LogP contribution in [0.15, 0.2) is 42.5 Å². The Labute approximate surface area is 176 Å². The fraction of sp³-hybridized carbons (Fsp3) is 0.417. The highest BCUT2D eigenvalue weighted by molar-refractivity contribution is 6.04. The summed E-state index contributed by atoms with van der Waals surface area (Å²) >= 11 is 0. The molecule has 3 aliphatic heterocycles. The summed E-state index contributed by atoms with van der Waals surface area (Å²) in [7, 11) is 0. The molecule has 3 heterocycles. The number of esters is 2. The molecule has 2 bridgehead atoms. The molecule has 0 saturated carbocycles. The van der Waals surface area contributed by atoms with Crippen molar-refractivity contribution < 1.29 is 19.1 Å². The van der Waals surface area contributed by atoms with Gasteiger partial charge < -0.3 is 15.2 Å². The lowest BCUT2D eigenvalue weighted by atomic mass is 9.86. The van der Waals surface area contributed by atoms with Gasteiger partial charge in [-0.25, -0.2) is 9.59 Å². The van der Waals surface area contributed by atoms with E-state index in [0.717, 1.165) is 50.9 Å². The molecule has 6 nitrogen and oxygen atoms in total. The van der Waals surface area contributed by atoms with Crippen molar-refractivity contribution in [3.63, 3.8) is 0 Å². The minimum absolute atomic E-state index is 0.122. The maximum absolute atomic E-state index is 13.0. The molecule has 4 aliphatic rings. The van der Waals surface area contributed by atoms with E-state index in [9.17, 15) is 9.59 Å². The van der Waals surface area contributed by atoms with Crippen molar-refractivity contribution in [1.29, 1.82) is 0 Å². The zero-order valence-electron chi connectivity index (χ0n) is 16.9. The van der Waals surface area contributed by atoms with Gasteiger partial charge in [0.05, 0.1) is 11.1 Å². The topological polar surface area (TPSA) is 81.9 Å². The first-order valence-corrected chi connectivity index (χ1v) is 10.7. The van der Waals surface area contributed by atoms with E-state index in [1.165, 1.54) is 11.6 Å². The molecule has 2 N–H and O–H groups in total. The average molecular weight is 406 g/mol. The number of piperidine rings is 3. The molecule has 0 radical (unpaired) electrons. The number of carbonyl (C=O) groups excluding carboxylic acids is 2. The van der Waals surface area contributed by atoms with Gasteiger partial charge in [-0.3, -0.25) is 4.90 Å². The molecule has 6 heteroatoms. The number of ether oxygens (including phenoxy) is 2. The molecule has 156 valence electrons. The molecule has 30 heavy (non-hydrogen) atoms. The van der Waals surface area contributed by atoms with Crippen LogP contribution in [0.5, 0.6) is 0 Å². The SMILES string of the molecule is Nc1ccc(C(=O)OC2CN3CCC2CC3)c(C(=O)OC2CCc3ccccc32)c1. The second-order valence-corrected chi connectivity index (χ2v) is 8.52. The lowest BCUT2D eigenvalue weighted by Crippen LogP contribution is -2.52. The van der Waals surface area contributed by atoms with Crippen LogP contribution in [0.4, 0.5) is 5.69 Å². The largest absolute Gasteiger partial charge is 0.457 e. The number of benzene rings is 2. The van der Waals surface area contributed by atoms with E-state index in [1.807, 2.05) is 18.2 Å². The van der Waals surface area contributed by atoms with Crippen LogP contribution in [-0.2, 0) is 15.9 Å². The van der Waals surface area contributed by atoms with Crippen LogP contribution in [-0.4, -0.2) is 42.6 Å². The summed E-state index contributed by atoms with van der Waals surface area (Å²) in [5.74, 6) is -0.615. The van der Waals surface area contributed by atoms with Crippen molar-refractivity contribution in [2.75, 3.05) is 25.4 Å². The first kappa shape index (κ1) is 19.1. The molecule has 2 unspecified atom stereocenters. The Morgan fingerprint density at radius 3 is 2.47 bits per heavy atom. The molecule has 0 aromatic heterocycles. The molecule has 3 saturated heterocycles. The molecule has 2 atom stereocenters. The molecular formula is C24H26N2O4. The molecule has 0 amide bonds. The van der Waals surface area contributed by atoms with Gasteiger partial charge in [0.2, 0.25) is 0 Å². The Kier molecular flexibility index (Phi) is 4.95. The van der Waals surface area contributed by atoms with Crippen LogP contribution < -0.4 is 5.73 Å². The Morgan fingerprint density at radius 1 is 0.933 bits per heavy atom. The predicted octanol–water partition coefficient (Wildman–Crippen LogP) is 3.36. The third-order valence-corrected chi connectivity index (χ3v) is 6.67. The summed E-state index contributed by atoms with van der Waals surface area (Å²) in [5.41, 5.74) is 8.95. The molecule has 2 aromatic rings. The van der Waals surface area contributed by atoms with Crippen LogP contribution in [0, 0.1) is 5.92 Å². The number of nitrogen functional groups attached to an aromatic ring is 1. The number of anilines is 1. The van der Waals surface area contributed by atoms with E-state index < -0.39 is 11.9 Å². The standard InChI is InChI=1S/C24H26N2O4/c25-17-6-7-19(23(27)30-22-14-26-11-9-16(22)10-12-26)20(13-17)24(28)29-21-8-5-15-3-1-2-4-18(15)21/h1-4,6-7,13,16,21-22H,5,8-12,14,25H2. The van der Waals surface area contributed by atoms with Gasteiger partial charge in [-0.2, -0.15) is 0 Å². The van der Waals surface area contributed by atoms with E-state index in [2.05, 4.69) is 11.0 Å². The highest BCUT2D eigenvalue weighted by Gasteiger charge is 2.37. The first-order valence-electron chi connectivity index (χ1n) is 10.7. The van der Waals surface area contributed by atoms with Crippen LogP contribution in [0.25, 0.3) is 0 Å². The van der Waals surface area contributed by atoms with Crippen LogP contribution in [0.3, 0.4) is 0 Å². The van der Waals surface area contributed by atoms with Gasteiger partial charge in [-0.15, -0.1) is 0 Å². The van der Waals surface area contributed by atoms with Crippen molar-refractivity contribution in [2.24, 2.45) is 5.92 Å². The number of nitrogens with zero attached hydrogens (tertiary/aromatic N) is 1. The third-order valence-electron chi connectivity index (χ3n) is 6.67. The number of hydrogen-bond acceptors (Lipinski definition) is 6. The molecule has 0 spiro atoms. The van der Waals surface area contributed by atoms with E-state index in [0.29, 0.717) is 11.6 Å². The summed E-state index contributed by atoms with van der Waals surface area (Å²) in [6, 6.07) is 12.7. The molecule has 6 rings (SSSR count). The minimum Gasteiger partial charge on any atom is -0.457 e. The zero-order valence-corrected chi connectivity index (χ0v) is 16.9. The number of nitrogens with two attached hydrogens (primary N) is 1. The van der Waals surface area contributed by atoms with E-state index >= 15 is 0 Å². The monoisotopic (exact) mass is 406 g/mol. The second-order valence-electron chi connectivity index (χ2n) is 8.52. The van der Waals surface area contributed by atoms with Crippen molar-refractivity contribution in [3.05, 3.63) is 64.7 Å². The average Bonchev–Trinajstić information content (AvgIpc) is 3.17. The lowest BCUT2D eigenvalue weighted by molar-refractivity contribution is -0.0457. The fourth-order valence-corrected chi connectivity index (χ4v) is 4.99. The summed E-state index contributed by atoms with van der Waals surface area (Å²) in [6.07, 6.45) is 3.29. The van der Waals surface area contributed by atoms with Crippen molar-refractivity contribution in [2.45, 2.75) is 37.9 Å². The van der Waals surface area contributed by atoms with E-state index in [-0.39, 0.29) is 23.3 Å².